The minimum atomic E-state index is -4.25. The van der Waals surface area contributed by atoms with E-state index in [1.54, 1.807) is 0 Å². The Hall–Kier alpha value is -2.36. The van der Waals surface area contributed by atoms with Crippen molar-refractivity contribution in [3.63, 3.8) is 0 Å². The van der Waals surface area contributed by atoms with Crippen LogP contribution in [0.5, 0.6) is 0 Å². The Morgan fingerprint density at radius 3 is 2.48 bits per heavy atom. The average Bonchev–Trinajstić information content (AvgIpc) is 2.61. The van der Waals surface area contributed by atoms with Gasteiger partial charge >= 0.3 is 5.97 Å². The molecule has 2 aromatic carbocycles. The van der Waals surface area contributed by atoms with E-state index >= 15 is 0 Å². The summed E-state index contributed by atoms with van der Waals surface area (Å²) in [5, 5.41) is 19.9. The van der Waals surface area contributed by atoms with E-state index in [4.69, 9.17) is 28.3 Å². The molecule has 0 aliphatic heterocycles. The summed E-state index contributed by atoms with van der Waals surface area (Å²) in [6.07, 6.45) is -0.258. The molecule has 0 bridgehead atoms. The fourth-order valence-corrected chi connectivity index (χ4v) is 4.32. The van der Waals surface area contributed by atoms with Crippen molar-refractivity contribution in [3.05, 3.63) is 62.6 Å². The summed E-state index contributed by atoms with van der Waals surface area (Å²) in [6, 6.07) is 8.95. The molecule has 0 unspecified atom stereocenters. The van der Waals surface area contributed by atoms with E-state index in [2.05, 4.69) is 0 Å². The number of benzene rings is 2. The summed E-state index contributed by atoms with van der Waals surface area (Å²) in [5.41, 5.74) is -0.334. The minimum absolute atomic E-state index is 0.00628. The van der Waals surface area contributed by atoms with Crippen LogP contribution >= 0.6 is 23.2 Å². The lowest BCUT2D eigenvalue weighted by Gasteiger charge is -2.25. The van der Waals surface area contributed by atoms with Gasteiger partial charge in [0.05, 0.1) is 25.6 Å². The fourth-order valence-electron chi connectivity index (χ4n) is 2.31. The SMILES string of the molecule is O=C(O)CCCN(c1cccc(Cl)c1Cl)S(=O)(=O)c1cccc([N+](=O)[O-])c1. The number of anilines is 1. The Morgan fingerprint density at radius 2 is 1.85 bits per heavy atom. The van der Waals surface area contributed by atoms with E-state index in [0.717, 1.165) is 10.4 Å². The van der Waals surface area contributed by atoms with Crippen molar-refractivity contribution in [1.29, 1.82) is 0 Å². The van der Waals surface area contributed by atoms with Crippen LogP contribution in [-0.4, -0.2) is 31.0 Å². The van der Waals surface area contributed by atoms with Crippen molar-refractivity contribution in [2.45, 2.75) is 17.7 Å². The van der Waals surface area contributed by atoms with Gasteiger partial charge in [0.25, 0.3) is 15.7 Å². The van der Waals surface area contributed by atoms with Crippen molar-refractivity contribution in [2.75, 3.05) is 10.8 Å². The van der Waals surface area contributed by atoms with Gasteiger partial charge < -0.3 is 5.11 Å². The number of rotatable bonds is 8. The summed E-state index contributed by atoms with van der Waals surface area (Å²) in [5.74, 6) is -1.08. The lowest BCUT2D eigenvalue weighted by atomic mass is 10.3. The Bertz CT molecular complexity index is 981. The number of nitrogens with zero attached hydrogens (tertiary/aromatic N) is 2. The molecule has 0 amide bonds. The largest absolute Gasteiger partial charge is 0.481 e. The molecule has 0 saturated carbocycles. The molecule has 2 aromatic rings. The van der Waals surface area contributed by atoms with Crippen LogP contribution < -0.4 is 4.31 Å². The highest BCUT2D eigenvalue weighted by Gasteiger charge is 2.28. The fraction of sp³-hybridized carbons (Fsp3) is 0.188. The molecule has 11 heteroatoms. The number of non-ortho nitro benzene ring substituents is 1. The third-order valence-electron chi connectivity index (χ3n) is 3.57. The quantitative estimate of drug-likeness (QED) is 0.497. The Labute approximate surface area is 165 Å². The van der Waals surface area contributed by atoms with Crippen LogP contribution in [0.15, 0.2) is 47.4 Å². The molecule has 8 nitrogen and oxygen atoms in total. The van der Waals surface area contributed by atoms with Gasteiger partial charge in [-0.05, 0) is 24.6 Å². The number of hydrogen-bond acceptors (Lipinski definition) is 5. The van der Waals surface area contributed by atoms with Crippen LogP contribution in [0.2, 0.25) is 10.0 Å². The predicted octanol–water partition coefficient (Wildman–Crippen LogP) is 3.96. The molecule has 0 spiro atoms. The Morgan fingerprint density at radius 1 is 1.19 bits per heavy atom. The van der Waals surface area contributed by atoms with Crippen LogP contribution in [0, 0.1) is 10.1 Å². The number of sulfonamides is 1. The zero-order valence-corrected chi connectivity index (χ0v) is 16.0. The normalized spacial score (nSPS) is 11.2. The summed E-state index contributed by atoms with van der Waals surface area (Å²) < 4.78 is 27.1. The molecule has 2 rings (SSSR count). The first-order valence-corrected chi connectivity index (χ1v) is 9.77. The highest BCUT2D eigenvalue weighted by molar-refractivity contribution is 7.92. The smallest absolute Gasteiger partial charge is 0.303 e. The first-order valence-electron chi connectivity index (χ1n) is 7.57. The standard InChI is InChI=1S/C16H14Cl2N2O6S/c17-13-6-2-7-14(16(13)18)19(9-3-8-15(21)22)27(25,26)12-5-1-4-11(10-12)20(23)24/h1-2,4-7,10H,3,8-9H2,(H,21,22). The first kappa shape index (κ1) is 20.9. The minimum Gasteiger partial charge on any atom is -0.481 e. The van der Waals surface area contributed by atoms with Crippen LogP contribution in [0.1, 0.15) is 12.8 Å². The van der Waals surface area contributed by atoms with Crippen molar-refractivity contribution < 1.29 is 23.2 Å². The molecule has 0 aromatic heterocycles. The van der Waals surface area contributed by atoms with Crippen LogP contribution in [0.25, 0.3) is 0 Å². The Balaban J connectivity index is 2.54. The summed E-state index contributed by atoms with van der Waals surface area (Å²) in [4.78, 5) is 20.7. The zero-order chi connectivity index (χ0) is 20.2. The molecule has 0 fully saturated rings. The number of carbonyl (C=O) groups is 1. The van der Waals surface area contributed by atoms with Crippen molar-refractivity contribution in [3.8, 4) is 0 Å². The third kappa shape index (κ3) is 4.88. The van der Waals surface area contributed by atoms with Crippen molar-refractivity contribution >= 4 is 50.6 Å². The number of carboxylic acids is 1. The zero-order valence-electron chi connectivity index (χ0n) is 13.7. The van der Waals surface area contributed by atoms with Gasteiger partial charge in [-0.1, -0.05) is 35.3 Å². The molecule has 27 heavy (non-hydrogen) atoms. The lowest BCUT2D eigenvalue weighted by Crippen LogP contribution is -2.32. The molecular weight excluding hydrogens is 419 g/mol. The lowest BCUT2D eigenvalue weighted by molar-refractivity contribution is -0.385. The monoisotopic (exact) mass is 432 g/mol. The number of nitro groups is 1. The number of aliphatic carboxylic acids is 1. The Kier molecular flexibility index (Phi) is 6.63. The van der Waals surface area contributed by atoms with Gasteiger partial charge in [0.2, 0.25) is 0 Å². The van der Waals surface area contributed by atoms with Crippen molar-refractivity contribution in [2.24, 2.45) is 0 Å². The van der Waals surface area contributed by atoms with Crippen LogP contribution in [0.3, 0.4) is 0 Å². The summed E-state index contributed by atoms with van der Waals surface area (Å²) in [7, 11) is -4.25. The van der Waals surface area contributed by atoms with Gasteiger partial charge in [0, 0.05) is 25.1 Å². The molecule has 0 saturated heterocycles. The second-order valence-corrected chi connectivity index (χ2v) is 8.05. The van der Waals surface area contributed by atoms with E-state index in [-0.39, 0.29) is 40.0 Å². The maximum atomic E-state index is 13.1. The van der Waals surface area contributed by atoms with Crippen LogP contribution in [0.4, 0.5) is 11.4 Å². The van der Waals surface area contributed by atoms with E-state index in [1.165, 1.54) is 36.4 Å². The van der Waals surface area contributed by atoms with Crippen molar-refractivity contribution in [1.82, 2.24) is 0 Å². The second kappa shape index (κ2) is 8.55. The topological polar surface area (TPSA) is 118 Å². The van der Waals surface area contributed by atoms with Gasteiger partial charge in [-0.25, -0.2) is 8.42 Å². The number of nitro benzene ring substituents is 1. The number of carboxylic acid groups (broad SMARTS) is 1. The summed E-state index contributed by atoms with van der Waals surface area (Å²) >= 11 is 12.1. The molecule has 1 N–H and O–H groups in total. The van der Waals surface area contributed by atoms with E-state index in [9.17, 15) is 23.3 Å². The highest BCUT2D eigenvalue weighted by atomic mass is 35.5. The molecule has 0 aliphatic carbocycles. The molecule has 0 aliphatic rings. The molecule has 0 radical (unpaired) electrons. The van der Waals surface area contributed by atoms with E-state index < -0.39 is 26.6 Å². The van der Waals surface area contributed by atoms with Gasteiger partial charge in [-0.15, -0.1) is 0 Å². The van der Waals surface area contributed by atoms with Gasteiger partial charge in [0.15, 0.2) is 0 Å². The predicted molar refractivity (Wildman–Crippen MR) is 101 cm³/mol. The second-order valence-electron chi connectivity index (χ2n) is 5.40. The van der Waals surface area contributed by atoms with E-state index in [1.807, 2.05) is 0 Å². The molecule has 0 atom stereocenters. The van der Waals surface area contributed by atoms with Gasteiger partial charge in [-0.2, -0.15) is 0 Å². The van der Waals surface area contributed by atoms with Gasteiger partial charge in [0.1, 0.15) is 0 Å². The average molecular weight is 433 g/mol. The van der Waals surface area contributed by atoms with Gasteiger partial charge in [-0.3, -0.25) is 19.2 Å². The summed E-state index contributed by atoms with van der Waals surface area (Å²) in [6.45, 7) is -0.197. The number of hydrogen-bond donors (Lipinski definition) is 1. The molecular formula is C16H14Cl2N2O6S. The first-order chi connectivity index (χ1) is 12.6. The molecule has 0 heterocycles. The van der Waals surface area contributed by atoms with E-state index in [0.29, 0.717) is 0 Å². The van der Waals surface area contributed by atoms with Crippen LogP contribution in [-0.2, 0) is 14.8 Å². The maximum Gasteiger partial charge on any atom is 0.303 e. The third-order valence-corrected chi connectivity index (χ3v) is 6.19. The number of halogens is 2. The maximum absolute atomic E-state index is 13.1. The highest BCUT2D eigenvalue weighted by Crippen LogP contribution is 2.36. The molecule has 144 valence electrons.